The molecule has 5 heteroatoms. The summed E-state index contributed by atoms with van der Waals surface area (Å²) in [6.45, 7) is 4.16. The van der Waals surface area contributed by atoms with Crippen LogP contribution >= 0.6 is 0 Å². The summed E-state index contributed by atoms with van der Waals surface area (Å²) in [5.41, 5.74) is 7.40. The van der Waals surface area contributed by atoms with E-state index in [0.29, 0.717) is 6.42 Å². The summed E-state index contributed by atoms with van der Waals surface area (Å²) in [7, 11) is 1.69. The van der Waals surface area contributed by atoms with E-state index in [1.165, 1.54) is 0 Å². The predicted octanol–water partition coefficient (Wildman–Crippen LogP) is 2.12. The first-order valence-electron chi connectivity index (χ1n) is 6.85. The lowest BCUT2D eigenvalue weighted by Crippen LogP contribution is -2.33. The molecule has 0 saturated carbocycles. The summed E-state index contributed by atoms with van der Waals surface area (Å²) in [5.74, 6) is 0.894. The SMILES string of the molecule is COC(c1ccccc1)C(N)Cc1ncnn1C(C)C. The molecule has 0 aliphatic carbocycles. The Kier molecular flexibility index (Phi) is 4.87. The van der Waals surface area contributed by atoms with E-state index in [4.69, 9.17) is 10.5 Å². The molecule has 2 unspecified atom stereocenters. The van der Waals surface area contributed by atoms with Crippen molar-refractivity contribution in [2.24, 2.45) is 5.73 Å². The van der Waals surface area contributed by atoms with Crippen LogP contribution in [0.3, 0.4) is 0 Å². The van der Waals surface area contributed by atoms with E-state index in [0.717, 1.165) is 11.4 Å². The van der Waals surface area contributed by atoms with Gasteiger partial charge in [-0.05, 0) is 19.4 Å². The molecular weight excluding hydrogens is 252 g/mol. The average Bonchev–Trinajstić information content (AvgIpc) is 2.89. The van der Waals surface area contributed by atoms with E-state index >= 15 is 0 Å². The number of methoxy groups -OCH3 is 1. The number of hydrogen-bond acceptors (Lipinski definition) is 4. The van der Waals surface area contributed by atoms with Gasteiger partial charge in [-0.15, -0.1) is 0 Å². The van der Waals surface area contributed by atoms with Gasteiger partial charge in [0.2, 0.25) is 0 Å². The number of rotatable bonds is 6. The Labute approximate surface area is 119 Å². The molecule has 0 saturated heterocycles. The van der Waals surface area contributed by atoms with E-state index in [9.17, 15) is 0 Å². The fourth-order valence-electron chi connectivity index (χ4n) is 2.37. The van der Waals surface area contributed by atoms with Gasteiger partial charge in [0.15, 0.2) is 0 Å². The van der Waals surface area contributed by atoms with Gasteiger partial charge in [-0.3, -0.25) is 0 Å². The Morgan fingerprint density at radius 1 is 1.25 bits per heavy atom. The maximum Gasteiger partial charge on any atom is 0.138 e. The number of nitrogens with two attached hydrogens (primary N) is 1. The molecule has 0 radical (unpaired) electrons. The molecule has 20 heavy (non-hydrogen) atoms. The van der Waals surface area contributed by atoms with Gasteiger partial charge >= 0.3 is 0 Å². The third kappa shape index (κ3) is 3.23. The van der Waals surface area contributed by atoms with Crippen molar-refractivity contribution in [2.45, 2.75) is 38.5 Å². The highest BCUT2D eigenvalue weighted by Gasteiger charge is 2.22. The summed E-state index contributed by atoms with van der Waals surface area (Å²) < 4.78 is 7.47. The summed E-state index contributed by atoms with van der Waals surface area (Å²) in [5, 5.41) is 4.24. The Balaban J connectivity index is 2.14. The van der Waals surface area contributed by atoms with Crippen molar-refractivity contribution in [3.63, 3.8) is 0 Å². The number of aromatic nitrogens is 3. The molecule has 2 N–H and O–H groups in total. The fraction of sp³-hybridized carbons (Fsp3) is 0.467. The second-order valence-corrected chi connectivity index (χ2v) is 5.15. The Bertz CT molecular complexity index is 524. The Morgan fingerprint density at radius 3 is 2.55 bits per heavy atom. The van der Waals surface area contributed by atoms with Gasteiger partial charge in [0.25, 0.3) is 0 Å². The molecule has 0 spiro atoms. The van der Waals surface area contributed by atoms with E-state index < -0.39 is 0 Å². The van der Waals surface area contributed by atoms with Crippen molar-refractivity contribution in [1.82, 2.24) is 14.8 Å². The van der Waals surface area contributed by atoms with Gasteiger partial charge in [0.05, 0.1) is 6.10 Å². The Morgan fingerprint density at radius 2 is 1.95 bits per heavy atom. The molecule has 1 aromatic heterocycles. The monoisotopic (exact) mass is 274 g/mol. The third-order valence-electron chi connectivity index (χ3n) is 3.33. The minimum Gasteiger partial charge on any atom is -0.375 e. The van der Waals surface area contributed by atoms with Gasteiger partial charge in [-0.25, -0.2) is 9.67 Å². The molecule has 2 aromatic rings. The first-order valence-corrected chi connectivity index (χ1v) is 6.85. The zero-order valence-electron chi connectivity index (χ0n) is 12.2. The zero-order valence-corrected chi connectivity index (χ0v) is 12.2. The van der Waals surface area contributed by atoms with Gasteiger partial charge in [-0.1, -0.05) is 30.3 Å². The minimum absolute atomic E-state index is 0.145. The van der Waals surface area contributed by atoms with Gasteiger partial charge in [0, 0.05) is 25.6 Å². The van der Waals surface area contributed by atoms with Crippen LogP contribution < -0.4 is 5.73 Å². The lowest BCUT2D eigenvalue weighted by atomic mass is 10.00. The van der Waals surface area contributed by atoms with Crippen LogP contribution in [-0.4, -0.2) is 27.9 Å². The maximum absolute atomic E-state index is 6.31. The molecule has 2 atom stereocenters. The average molecular weight is 274 g/mol. The van der Waals surface area contributed by atoms with Crippen molar-refractivity contribution in [2.75, 3.05) is 7.11 Å². The molecular formula is C15H22N4O. The molecule has 5 nitrogen and oxygen atoms in total. The molecule has 0 fully saturated rings. The van der Waals surface area contributed by atoms with E-state index in [1.54, 1.807) is 13.4 Å². The van der Waals surface area contributed by atoms with Crippen LogP contribution in [0.1, 0.15) is 37.4 Å². The first-order chi connectivity index (χ1) is 9.63. The van der Waals surface area contributed by atoms with Crippen molar-refractivity contribution >= 4 is 0 Å². The summed E-state index contributed by atoms with van der Waals surface area (Å²) in [6.07, 6.45) is 2.06. The second-order valence-electron chi connectivity index (χ2n) is 5.15. The molecule has 0 amide bonds. The molecule has 0 aliphatic heterocycles. The van der Waals surface area contributed by atoms with Crippen molar-refractivity contribution in [1.29, 1.82) is 0 Å². The highest BCUT2D eigenvalue weighted by Crippen LogP contribution is 2.21. The van der Waals surface area contributed by atoms with Crippen LogP contribution in [0.2, 0.25) is 0 Å². The fourth-order valence-corrected chi connectivity index (χ4v) is 2.37. The first kappa shape index (κ1) is 14.7. The summed E-state index contributed by atoms with van der Waals surface area (Å²) in [6, 6.07) is 10.1. The standard InChI is InChI=1S/C15H22N4O/c1-11(2)19-14(17-10-18-19)9-13(16)15(20-3)12-7-5-4-6-8-12/h4-8,10-11,13,15H,9,16H2,1-3H3. The number of ether oxygens (including phenoxy) is 1. The molecule has 2 rings (SSSR count). The smallest absolute Gasteiger partial charge is 0.138 e. The van der Waals surface area contributed by atoms with E-state index in [1.807, 2.05) is 35.0 Å². The minimum atomic E-state index is -0.163. The number of nitrogens with zero attached hydrogens (tertiary/aromatic N) is 3. The molecule has 1 aromatic carbocycles. The van der Waals surface area contributed by atoms with Crippen molar-refractivity contribution in [3.8, 4) is 0 Å². The van der Waals surface area contributed by atoms with Crippen LogP contribution in [0.4, 0.5) is 0 Å². The molecule has 0 bridgehead atoms. The van der Waals surface area contributed by atoms with Crippen LogP contribution in [-0.2, 0) is 11.2 Å². The third-order valence-corrected chi connectivity index (χ3v) is 3.33. The lowest BCUT2D eigenvalue weighted by molar-refractivity contribution is 0.0792. The maximum atomic E-state index is 6.31. The molecule has 108 valence electrons. The number of hydrogen-bond donors (Lipinski definition) is 1. The highest BCUT2D eigenvalue weighted by molar-refractivity contribution is 5.19. The molecule has 0 aliphatic rings. The summed E-state index contributed by atoms with van der Waals surface area (Å²) in [4.78, 5) is 4.30. The van der Waals surface area contributed by atoms with Gasteiger partial charge in [-0.2, -0.15) is 5.10 Å². The predicted molar refractivity (Wildman–Crippen MR) is 78.3 cm³/mol. The lowest BCUT2D eigenvalue weighted by Gasteiger charge is -2.23. The quantitative estimate of drug-likeness (QED) is 0.876. The van der Waals surface area contributed by atoms with Gasteiger partial charge < -0.3 is 10.5 Å². The normalized spacial score (nSPS) is 14.4. The molecule has 1 heterocycles. The van der Waals surface area contributed by atoms with Crippen molar-refractivity contribution < 1.29 is 4.74 Å². The topological polar surface area (TPSA) is 66.0 Å². The van der Waals surface area contributed by atoms with Crippen LogP contribution in [0.25, 0.3) is 0 Å². The Hall–Kier alpha value is -1.72. The van der Waals surface area contributed by atoms with Crippen LogP contribution in [0.15, 0.2) is 36.7 Å². The van der Waals surface area contributed by atoms with E-state index in [-0.39, 0.29) is 18.2 Å². The van der Waals surface area contributed by atoms with E-state index in [2.05, 4.69) is 23.9 Å². The number of benzene rings is 1. The van der Waals surface area contributed by atoms with Crippen LogP contribution in [0, 0.1) is 0 Å². The summed E-state index contributed by atoms with van der Waals surface area (Å²) >= 11 is 0. The highest BCUT2D eigenvalue weighted by atomic mass is 16.5. The second kappa shape index (κ2) is 6.63. The largest absolute Gasteiger partial charge is 0.375 e. The van der Waals surface area contributed by atoms with Gasteiger partial charge in [0.1, 0.15) is 12.2 Å². The van der Waals surface area contributed by atoms with Crippen molar-refractivity contribution in [3.05, 3.63) is 48.0 Å². The zero-order chi connectivity index (χ0) is 14.5. The van der Waals surface area contributed by atoms with Crippen LogP contribution in [0.5, 0.6) is 0 Å².